The van der Waals surface area contributed by atoms with Crippen molar-refractivity contribution in [2.45, 2.75) is 80.6 Å². The molecule has 3 unspecified atom stereocenters. The molecule has 0 saturated carbocycles. The molecule has 15 nitrogen and oxygen atoms in total. The summed E-state index contributed by atoms with van der Waals surface area (Å²) in [6.07, 6.45) is -0.229. The third-order valence-corrected chi connectivity index (χ3v) is 8.57. The number of carboxylic acid groups (broad SMARTS) is 2. The van der Waals surface area contributed by atoms with Crippen LogP contribution in [-0.2, 0) is 77.2 Å². The number of carboxylic acids is 2. The van der Waals surface area contributed by atoms with Crippen LogP contribution < -0.4 is 217 Å². The Kier molecular flexibility index (Phi) is 62.3. The molecule has 3 aromatic carbocycles. The van der Waals surface area contributed by atoms with E-state index in [0.29, 0.717) is 4.79 Å². The van der Waals surface area contributed by atoms with Gasteiger partial charge in [-0.2, -0.15) is 0 Å². The molecule has 0 spiro atoms. The maximum absolute atomic E-state index is 11.8. The van der Waals surface area contributed by atoms with Crippen LogP contribution in [0.2, 0.25) is 0 Å². The minimum Gasteiger partial charge on any atom is -1.00 e. The molecule has 0 aliphatic heterocycles. The summed E-state index contributed by atoms with van der Waals surface area (Å²) in [5.74, 6) is -6.31. The number of carbonyl (C=O) groups excluding carboxylic acids is 6. The minimum atomic E-state index is -1.21. The fourth-order valence-electron chi connectivity index (χ4n) is 4.88. The van der Waals surface area contributed by atoms with E-state index in [1.54, 1.807) is 27.7 Å². The number of hydrogen-bond acceptors (Lipinski definition) is 14. The van der Waals surface area contributed by atoms with Crippen molar-refractivity contribution in [2.75, 3.05) is 18.0 Å². The average molecular weight is 1420 g/mol. The average Bonchev–Trinajstić information content (AvgIpc) is 3.28. The van der Waals surface area contributed by atoms with Crippen LogP contribution in [-0.4, -0.2) is 65.4 Å². The number of alkyl halides is 4. The molecular weight excluding hydrogens is 1360 g/mol. The van der Waals surface area contributed by atoms with Crippen molar-refractivity contribution in [1.29, 1.82) is 0 Å². The molecule has 0 heterocycles. The number of halogens is 4. The Labute approximate surface area is 597 Å². The quantitative estimate of drug-likeness (QED) is 0.0338. The van der Waals surface area contributed by atoms with Crippen LogP contribution in [0.15, 0.2) is 91.0 Å². The minimum absolute atomic E-state index is 0. The molecule has 0 fully saturated rings. The van der Waals surface area contributed by atoms with E-state index in [9.17, 15) is 38.3 Å². The summed E-state index contributed by atoms with van der Waals surface area (Å²) in [7, 11) is -1.00. The van der Waals surface area contributed by atoms with Gasteiger partial charge in [-0.15, -0.1) is 11.6 Å². The Hall–Kier alpha value is 1.06. The number of benzene rings is 3. The molecule has 0 aliphatic carbocycles. The summed E-state index contributed by atoms with van der Waals surface area (Å²) in [4.78, 5) is 80.1. The predicted octanol–water partition coefficient (Wildman–Crippen LogP) is -1.53. The number of aliphatic carboxylic acids is 2. The van der Waals surface area contributed by atoms with E-state index in [4.69, 9.17) is 58.7 Å². The molecule has 0 radical (unpaired) electrons. The van der Waals surface area contributed by atoms with Gasteiger partial charge in [-0.25, -0.2) is 0 Å². The maximum atomic E-state index is 11.8. The zero-order chi connectivity index (χ0) is 50.9. The van der Waals surface area contributed by atoms with Crippen LogP contribution in [0.3, 0.4) is 0 Å². The molecule has 0 bridgehead atoms. The van der Waals surface area contributed by atoms with Crippen LogP contribution >= 0.6 is 39.1 Å². The van der Waals surface area contributed by atoms with Crippen molar-refractivity contribution < 1.29 is 287 Å². The first-order chi connectivity index (χ1) is 31.3. The molecule has 1 N–H and O–H groups in total. The van der Waals surface area contributed by atoms with Crippen LogP contribution in [0.25, 0.3) is 0 Å². The normalized spacial score (nSPS) is 10.8. The first kappa shape index (κ1) is 77.9. The molecule has 68 heavy (non-hydrogen) atoms. The van der Waals surface area contributed by atoms with Crippen molar-refractivity contribution in [2.24, 2.45) is 35.5 Å². The van der Waals surface area contributed by atoms with Crippen molar-refractivity contribution in [3.8, 4) is 0 Å². The van der Waals surface area contributed by atoms with Gasteiger partial charge in [-0.05, 0) is 34.4 Å². The predicted molar refractivity (Wildman–Crippen MR) is 242 cm³/mol. The van der Waals surface area contributed by atoms with E-state index in [1.165, 1.54) is 0 Å². The molecule has 366 valence electrons. The summed E-state index contributed by atoms with van der Waals surface area (Å²) in [5.41, 5.74) is 2.67. The molecule has 0 aromatic heterocycles. The van der Waals surface area contributed by atoms with Crippen molar-refractivity contribution in [1.82, 2.24) is 0 Å². The van der Waals surface area contributed by atoms with Gasteiger partial charge >= 0.3 is 237 Å². The Morgan fingerprint density at radius 1 is 0.647 bits per heavy atom. The SMILES string of the molecule is CC(C)C(CC(=O)OCc1ccccc1)C(=O)O.CC(C)C(CC(=O)OCc1ccccc1)C(=O)OCCl.CC(C)C(CC(=O)OCc1ccccc1)C(=O)[O-].ClCBr.O=CO[O-].[2H]CF.[Cs+].[Cs+].[Cs+].[H-]. The topological polar surface area (TPSA) is 232 Å². The molecule has 22 heteroatoms. The first-order valence-corrected chi connectivity index (χ1v) is 21.9. The summed E-state index contributed by atoms with van der Waals surface area (Å²) in [5, 5.41) is 28.2. The van der Waals surface area contributed by atoms with E-state index >= 15 is 0 Å². The van der Waals surface area contributed by atoms with Crippen LogP contribution in [0.1, 0.15) is 80.3 Å². The molecule has 0 amide bonds. The molecular formula is C46H61BrCl2Cs3FO15. The van der Waals surface area contributed by atoms with Gasteiger partial charge in [-0.1, -0.05) is 160 Å². The van der Waals surface area contributed by atoms with E-state index in [0.717, 1.165) is 16.7 Å². The number of rotatable bonds is 20. The largest absolute Gasteiger partial charge is 1.00 e. The molecule has 3 rings (SSSR count). The standard InChI is InChI=1S/C15H19ClO4.2C14H18O4.CH2BrCl.CH3F.CH2O3.3Cs.H/c1-11(2)13(15(18)20-10-16)8-14(17)19-9-12-6-4-3-5-7-12;2*1-10(2)12(14(16)17)8-13(15)18-9-11-6-4-3-5-7-11;2-1-3;1-2;2-1-4-3;;;;/h3-7,11,13H,8-10H2,1-2H3;2*3-7,10,12H,8-9H2,1-2H3,(H,16,17);1H2;1H3;1,3H;;;;/q;;;;;;3*+1;-1/p-2/i;;;;1D;;;;;. The van der Waals surface area contributed by atoms with Gasteiger partial charge in [0, 0.05) is 11.9 Å². The Bertz CT molecular complexity index is 1690. The van der Waals surface area contributed by atoms with Gasteiger partial charge in [0.1, 0.15) is 19.8 Å². The smallest absolute Gasteiger partial charge is 1.00 e. The zero-order valence-corrected chi connectivity index (χ0v) is 62.2. The monoisotopic (exact) mass is 1420 g/mol. The van der Waals surface area contributed by atoms with E-state index in [-0.39, 0.29) is 277 Å². The third kappa shape index (κ3) is 45.7. The number of hydrogen-bond donors (Lipinski definition) is 1. The fraction of sp³-hybridized carbons (Fsp3) is 0.457. The third-order valence-electron chi connectivity index (χ3n) is 8.46. The number of esters is 4. The second kappa shape index (κ2) is 54.3. The summed E-state index contributed by atoms with van der Waals surface area (Å²) >= 11 is 13.2. The second-order valence-corrected chi connectivity index (χ2v) is 15.8. The van der Waals surface area contributed by atoms with Gasteiger partial charge < -0.3 is 45.5 Å². The van der Waals surface area contributed by atoms with Crippen molar-refractivity contribution in [3.05, 3.63) is 108 Å². The van der Waals surface area contributed by atoms with Crippen LogP contribution in [0.4, 0.5) is 4.39 Å². The van der Waals surface area contributed by atoms with E-state index < -0.39 is 60.7 Å². The molecule has 0 saturated heterocycles. The van der Waals surface area contributed by atoms with Crippen LogP contribution in [0, 0.1) is 35.5 Å². The van der Waals surface area contributed by atoms with Gasteiger partial charge in [0.25, 0.3) is 6.47 Å². The Morgan fingerprint density at radius 3 is 1.13 bits per heavy atom. The maximum Gasteiger partial charge on any atom is 1.00 e. The van der Waals surface area contributed by atoms with E-state index in [2.05, 4.69) is 20.8 Å². The number of carbonyl (C=O) groups is 7. The van der Waals surface area contributed by atoms with Crippen LogP contribution in [0.5, 0.6) is 0 Å². The Balaban J connectivity index is -0.000000151. The summed E-state index contributed by atoms with van der Waals surface area (Å²) in [6.45, 7) is 11.1. The molecule has 3 aromatic rings. The van der Waals surface area contributed by atoms with Gasteiger partial charge in [0.2, 0.25) is 0 Å². The van der Waals surface area contributed by atoms with Gasteiger partial charge in [-0.3, -0.25) is 33.2 Å². The number of ether oxygens (including phenoxy) is 4. The van der Waals surface area contributed by atoms with Gasteiger partial charge in [0.15, 0.2) is 6.07 Å². The second-order valence-electron chi connectivity index (χ2n) is 14.1. The van der Waals surface area contributed by atoms with Crippen molar-refractivity contribution >= 4 is 81.4 Å². The van der Waals surface area contributed by atoms with Crippen molar-refractivity contribution in [3.63, 3.8) is 0 Å². The van der Waals surface area contributed by atoms with Gasteiger partial charge in [0.05, 0.1) is 44.4 Å². The Morgan fingerprint density at radius 2 is 0.912 bits per heavy atom. The zero-order valence-electron chi connectivity index (χ0n) is 42.2. The van der Waals surface area contributed by atoms with E-state index in [1.807, 2.05) is 105 Å². The summed E-state index contributed by atoms with van der Waals surface area (Å²) in [6, 6.07) is 27.7. The molecule has 3 atom stereocenters. The summed E-state index contributed by atoms with van der Waals surface area (Å²) < 4.78 is 35.5. The fourth-order valence-corrected chi connectivity index (χ4v) is 4.99. The molecule has 0 aliphatic rings. The first-order valence-electron chi connectivity index (χ1n) is 20.4.